The molecule has 1 heterocycles. The number of aromatic nitrogens is 2. The maximum absolute atomic E-state index is 12.8. The molecule has 0 saturated carbocycles. The zero-order chi connectivity index (χ0) is 15.9. The minimum Gasteiger partial charge on any atom is -0.466 e. The number of nitrogens with one attached hydrogen (secondary N) is 1. The molecule has 5 nitrogen and oxygen atoms in total. The van der Waals surface area contributed by atoms with Gasteiger partial charge < -0.3 is 9.72 Å². The molecule has 0 amide bonds. The number of rotatable bonds is 6. The molecule has 2 rings (SSSR count). The van der Waals surface area contributed by atoms with Crippen LogP contribution >= 0.6 is 11.8 Å². The van der Waals surface area contributed by atoms with Gasteiger partial charge in [-0.3, -0.25) is 9.59 Å². The molecule has 0 aliphatic heterocycles. The Morgan fingerprint density at radius 2 is 2.09 bits per heavy atom. The number of hydrogen-bond acceptors (Lipinski definition) is 5. The quantitative estimate of drug-likeness (QED) is 0.502. The summed E-state index contributed by atoms with van der Waals surface area (Å²) in [6.45, 7) is 1.98. The Kier molecular flexibility index (Phi) is 5.71. The molecule has 0 atom stereocenters. The maximum atomic E-state index is 12.8. The monoisotopic (exact) mass is 322 g/mol. The molecule has 1 aromatic carbocycles. The average molecular weight is 322 g/mol. The second-order valence-electron chi connectivity index (χ2n) is 4.44. The van der Waals surface area contributed by atoms with Crippen molar-refractivity contribution in [1.82, 2.24) is 9.97 Å². The van der Waals surface area contributed by atoms with E-state index < -0.39 is 5.97 Å². The third kappa shape index (κ3) is 4.70. The van der Waals surface area contributed by atoms with E-state index in [1.165, 1.54) is 30.1 Å². The molecular formula is C15H15FN2O3S. The Balaban J connectivity index is 1.98. The summed E-state index contributed by atoms with van der Waals surface area (Å²) in [7, 11) is 0. The molecule has 0 spiro atoms. The number of hydrogen-bond donors (Lipinski definition) is 1. The molecule has 0 radical (unpaired) electrons. The topological polar surface area (TPSA) is 72.0 Å². The fourth-order valence-corrected chi connectivity index (χ4v) is 2.49. The Hall–Kier alpha value is -2.15. The van der Waals surface area contributed by atoms with Gasteiger partial charge in [-0.2, -0.15) is 0 Å². The number of carbonyl (C=O) groups excluding carboxylic acids is 1. The number of aromatic amines is 1. The van der Waals surface area contributed by atoms with Crippen molar-refractivity contribution in [3.8, 4) is 0 Å². The molecule has 0 saturated heterocycles. The number of H-pyrrole nitrogens is 1. The molecule has 1 N–H and O–H groups in total. The second-order valence-corrected chi connectivity index (χ2v) is 5.40. The minimum atomic E-state index is -0.457. The minimum absolute atomic E-state index is 0.0981. The fraction of sp³-hybridized carbons (Fsp3) is 0.267. The van der Waals surface area contributed by atoms with Crippen molar-refractivity contribution in [1.29, 1.82) is 0 Å². The van der Waals surface area contributed by atoms with Crippen LogP contribution in [0.3, 0.4) is 0 Å². The first-order chi connectivity index (χ1) is 10.6. The summed E-state index contributed by atoms with van der Waals surface area (Å²) in [6.07, 6.45) is 1.28. The van der Waals surface area contributed by atoms with Gasteiger partial charge in [0.25, 0.3) is 5.56 Å². The smallest absolute Gasteiger partial charge is 0.310 e. The van der Waals surface area contributed by atoms with E-state index in [1.807, 2.05) is 0 Å². The van der Waals surface area contributed by atoms with Gasteiger partial charge in [0.15, 0.2) is 5.16 Å². The molecule has 116 valence electrons. The molecule has 22 heavy (non-hydrogen) atoms. The normalized spacial score (nSPS) is 10.5. The Morgan fingerprint density at radius 3 is 2.73 bits per heavy atom. The van der Waals surface area contributed by atoms with Gasteiger partial charge >= 0.3 is 5.97 Å². The van der Waals surface area contributed by atoms with Crippen LogP contribution in [0.5, 0.6) is 0 Å². The lowest BCUT2D eigenvalue weighted by Crippen LogP contribution is -2.19. The second kappa shape index (κ2) is 7.74. The van der Waals surface area contributed by atoms with Crippen molar-refractivity contribution in [3.05, 3.63) is 57.8 Å². The van der Waals surface area contributed by atoms with Crippen LogP contribution in [-0.2, 0) is 21.7 Å². The summed E-state index contributed by atoms with van der Waals surface area (Å²) in [4.78, 5) is 29.9. The number of esters is 1. The first kappa shape index (κ1) is 16.2. The first-order valence-electron chi connectivity index (χ1n) is 6.69. The SMILES string of the molecule is CCOC(=O)Cc1cnc(SCc2ccc(F)cc2)[nH]c1=O. The van der Waals surface area contributed by atoms with Crippen LogP contribution in [0.25, 0.3) is 0 Å². The van der Waals surface area contributed by atoms with Crippen molar-refractivity contribution >= 4 is 17.7 Å². The van der Waals surface area contributed by atoms with E-state index in [2.05, 4.69) is 9.97 Å². The zero-order valence-corrected chi connectivity index (χ0v) is 12.8. The molecule has 2 aromatic rings. The third-order valence-electron chi connectivity index (χ3n) is 2.78. The van der Waals surface area contributed by atoms with Crippen molar-refractivity contribution in [2.24, 2.45) is 0 Å². The van der Waals surface area contributed by atoms with Gasteiger partial charge in [0.1, 0.15) is 5.82 Å². The van der Waals surface area contributed by atoms with Gasteiger partial charge in [0.2, 0.25) is 0 Å². The van der Waals surface area contributed by atoms with Crippen LogP contribution in [0.1, 0.15) is 18.1 Å². The highest BCUT2D eigenvalue weighted by Crippen LogP contribution is 2.18. The zero-order valence-electron chi connectivity index (χ0n) is 12.0. The molecule has 0 aliphatic carbocycles. The first-order valence-corrected chi connectivity index (χ1v) is 7.68. The Labute approximate surface area is 130 Å². The van der Waals surface area contributed by atoms with Crippen LogP contribution in [0.2, 0.25) is 0 Å². The highest BCUT2D eigenvalue weighted by atomic mass is 32.2. The Bertz CT molecular complexity index is 701. The van der Waals surface area contributed by atoms with E-state index in [0.717, 1.165) is 5.56 Å². The van der Waals surface area contributed by atoms with E-state index in [9.17, 15) is 14.0 Å². The largest absolute Gasteiger partial charge is 0.466 e. The summed E-state index contributed by atoms with van der Waals surface area (Å²) >= 11 is 1.33. The summed E-state index contributed by atoms with van der Waals surface area (Å²) in [5.74, 6) is -0.189. The van der Waals surface area contributed by atoms with Gasteiger partial charge in [-0.25, -0.2) is 9.37 Å². The number of ether oxygens (including phenoxy) is 1. The molecule has 7 heteroatoms. The Morgan fingerprint density at radius 1 is 1.36 bits per heavy atom. The lowest BCUT2D eigenvalue weighted by Gasteiger charge is -2.04. The van der Waals surface area contributed by atoms with Gasteiger partial charge in [-0.05, 0) is 24.6 Å². The lowest BCUT2D eigenvalue weighted by atomic mass is 10.2. The highest BCUT2D eigenvalue weighted by molar-refractivity contribution is 7.98. The van der Waals surface area contributed by atoms with Crippen molar-refractivity contribution < 1.29 is 13.9 Å². The van der Waals surface area contributed by atoms with Crippen LogP contribution in [-0.4, -0.2) is 22.5 Å². The summed E-state index contributed by atoms with van der Waals surface area (Å²) in [6, 6.07) is 6.12. The maximum Gasteiger partial charge on any atom is 0.310 e. The number of benzene rings is 1. The lowest BCUT2D eigenvalue weighted by molar-refractivity contribution is -0.142. The number of halogens is 1. The van der Waals surface area contributed by atoms with Gasteiger partial charge in [-0.1, -0.05) is 23.9 Å². The van der Waals surface area contributed by atoms with Gasteiger partial charge in [0, 0.05) is 17.5 Å². The fourth-order valence-electron chi connectivity index (χ4n) is 1.70. The average Bonchev–Trinajstić information content (AvgIpc) is 2.49. The van der Waals surface area contributed by atoms with Crippen LogP contribution in [0.4, 0.5) is 4.39 Å². The van der Waals surface area contributed by atoms with E-state index >= 15 is 0 Å². The van der Waals surface area contributed by atoms with E-state index in [4.69, 9.17) is 4.74 Å². The summed E-state index contributed by atoms with van der Waals surface area (Å²) in [5, 5.41) is 0.446. The van der Waals surface area contributed by atoms with E-state index in [-0.39, 0.29) is 30.0 Å². The van der Waals surface area contributed by atoms with Crippen LogP contribution in [0, 0.1) is 5.82 Å². The van der Waals surface area contributed by atoms with Gasteiger partial charge in [-0.15, -0.1) is 0 Å². The molecule has 0 aliphatic rings. The summed E-state index contributed by atoms with van der Waals surface area (Å²) in [5.41, 5.74) is 0.832. The van der Waals surface area contributed by atoms with E-state index in [1.54, 1.807) is 19.1 Å². The van der Waals surface area contributed by atoms with Crippen molar-refractivity contribution in [2.45, 2.75) is 24.3 Å². The number of thioether (sulfide) groups is 1. The molecular weight excluding hydrogens is 307 g/mol. The number of carbonyl (C=O) groups is 1. The predicted octanol–water partition coefficient (Wildman–Crippen LogP) is 2.31. The molecule has 0 unspecified atom stereocenters. The molecule has 0 fully saturated rings. The molecule has 0 bridgehead atoms. The number of nitrogens with zero attached hydrogens (tertiary/aromatic N) is 1. The highest BCUT2D eigenvalue weighted by Gasteiger charge is 2.09. The summed E-state index contributed by atoms with van der Waals surface area (Å²) < 4.78 is 17.6. The predicted molar refractivity (Wildman–Crippen MR) is 81.2 cm³/mol. The van der Waals surface area contributed by atoms with Crippen LogP contribution < -0.4 is 5.56 Å². The van der Waals surface area contributed by atoms with E-state index in [0.29, 0.717) is 10.9 Å². The van der Waals surface area contributed by atoms with Crippen LogP contribution in [0.15, 0.2) is 40.4 Å². The molecule has 1 aromatic heterocycles. The van der Waals surface area contributed by atoms with Gasteiger partial charge in [0.05, 0.1) is 13.0 Å². The standard InChI is InChI=1S/C15H15FN2O3S/c1-2-21-13(19)7-11-8-17-15(18-14(11)20)22-9-10-3-5-12(16)6-4-10/h3-6,8H,2,7,9H2,1H3,(H,17,18,20). The van der Waals surface area contributed by atoms with Crippen molar-refractivity contribution in [2.75, 3.05) is 6.61 Å². The third-order valence-corrected chi connectivity index (χ3v) is 3.74. The van der Waals surface area contributed by atoms with Crippen molar-refractivity contribution in [3.63, 3.8) is 0 Å².